The lowest BCUT2D eigenvalue weighted by atomic mass is 9.76. The van der Waals surface area contributed by atoms with Crippen molar-refractivity contribution in [3.8, 4) is 0 Å². The van der Waals surface area contributed by atoms with E-state index in [1.165, 1.54) is 0 Å². The minimum absolute atomic E-state index is 0.0482. The molecule has 0 aromatic rings. The number of carbonyl (C=O) groups is 1. The van der Waals surface area contributed by atoms with Crippen LogP contribution < -0.4 is 0 Å². The predicted molar refractivity (Wildman–Crippen MR) is 53.8 cm³/mol. The average Bonchev–Trinajstić information content (AvgIpc) is 2.00. The topological polar surface area (TPSA) is 46.5 Å². The molecule has 0 amide bonds. The van der Waals surface area contributed by atoms with Gasteiger partial charge in [0.25, 0.3) is 0 Å². The maximum Gasteiger partial charge on any atom is 0.197 e. The molecule has 0 fully saturated rings. The molecule has 0 unspecified atom stereocenters. The summed E-state index contributed by atoms with van der Waals surface area (Å²) >= 11 is 0. The summed E-state index contributed by atoms with van der Waals surface area (Å²) in [6.45, 7) is 6.24. The molecule has 80 valence electrons. The van der Waals surface area contributed by atoms with E-state index >= 15 is 0 Å². The number of aliphatic hydroxyl groups excluding tert-OH is 1. The zero-order valence-electron chi connectivity index (χ0n) is 9.09. The molecule has 0 saturated heterocycles. The summed E-state index contributed by atoms with van der Waals surface area (Å²) in [7, 11) is 0. The van der Waals surface area contributed by atoms with Gasteiger partial charge in [-0.1, -0.05) is 13.8 Å². The van der Waals surface area contributed by atoms with Crippen molar-refractivity contribution in [2.75, 3.05) is 13.2 Å². The number of aliphatic hydroxyl groups is 1. The third-order valence-corrected chi connectivity index (χ3v) is 2.36. The first-order valence-corrected chi connectivity index (χ1v) is 4.93. The first-order chi connectivity index (χ1) is 6.46. The summed E-state index contributed by atoms with van der Waals surface area (Å²) in [6, 6.07) is 0. The molecule has 0 aliphatic heterocycles. The highest BCUT2D eigenvalue weighted by atomic mass is 16.5. The van der Waals surface area contributed by atoms with Crippen LogP contribution >= 0.6 is 0 Å². The molecule has 1 rings (SSSR count). The van der Waals surface area contributed by atoms with Crippen molar-refractivity contribution in [1.29, 1.82) is 0 Å². The molecule has 0 radical (unpaired) electrons. The van der Waals surface area contributed by atoms with Crippen LogP contribution in [0.15, 0.2) is 11.3 Å². The van der Waals surface area contributed by atoms with E-state index in [1.807, 2.05) is 6.92 Å². The maximum absolute atomic E-state index is 11.7. The van der Waals surface area contributed by atoms with Gasteiger partial charge in [-0.2, -0.15) is 0 Å². The number of ketones is 1. The summed E-state index contributed by atoms with van der Waals surface area (Å²) in [5.41, 5.74) is 1.05. The standard InChI is InChI=1S/C11H18O3/c1-8-6-11(2,3)7-9(13)10(8)14-5-4-12/h12H,4-7H2,1-3H3. The number of allylic oxidation sites excluding steroid dienone is 2. The van der Waals surface area contributed by atoms with Crippen LogP contribution in [-0.2, 0) is 9.53 Å². The van der Waals surface area contributed by atoms with Crippen molar-refractivity contribution in [2.24, 2.45) is 5.41 Å². The number of hydrogen-bond donors (Lipinski definition) is 1. The smallest absolute Gasteiger partial charge is 0.197 e. The number of carbonyl (C=O) groups excluding carboxylic acids is 1. The predicted octanol–water partition coefficient (Wildman–Crippen LogP) is 1.66. The molecule has 0 aromatic heterocycles. The third-order valence-electron chi connectivity index (χ3n) is 2.36. The van der Waals surface area contributed by atoms with Gasteiger partial charge in [0, 0.05) is 6.42 Å². The van der Waals surface area contributed by atoms with Crippen LogP contribution in [0.4, 0.5) is 0 Å². The Hall–Kier alpha value is -0.830. The van der Waals surface area contributed by atoms with Gasteiger partial charge in [-0.15, -0.1) is 0 Å². The van der Waals surface area contributed by atoms with E-state index < -0.39 is 0 Å². The zero-order valence-corrected chi connectivity index (χ0v) is 9.09. The molecule has 0 atom stereocenters. The second-order valence-electron chi connectivity index (χ2n) is 4.62. The van der Waals surface area contributed by atoms with Gasteiger partial charge < -0.3 is 9.84 Å². The van der Waals surface area contributed by atoms with Gasteiger partial charge in [0.2, 0.25) is 0 Å². The van der Waals surface area contributed by atoms with Crippen LogP contribution in [0.1, 0.15) is 33.6 Å². The first kappa shape index (κ1) is 11.2. The van der Waals surface area contributed by atoms with Crippen molar-refractivity contribution >= 4 is 5.78 Å². The van der Waals surface area contributed by atoms with Crippen molar-refractivity contribution in [3.63, 3.8) is 0 Å². The van der Waals surface area contributed by atoms with E-state index in [4.69, 9.17) is 9.84 Å². The summed E-state index contributed by atoms with van der Waals surface area (Å²) in [6.07, 6.45) is 1.42. The number of hydrogen-bond acceptors (Lipinski definition) is 3. The molecule has 0 bridgehead atoms. The summed E-state index contributed by atoms with van der Waals surface area (Å²) in [5.74, 6) is 0.533. The second kappa shape index (κ2) is 4.13. The van der Waals surface area contributed by atoms with E-state index in [2.05, 4.69) is 13.8 Å². The molecule has 3 nitrogen and oxygen atoms in total. The molecule has 0 heterocycles. The Morgan fingerprint density at radius 3 is 2.57 bits per heavy atom. The average molecular weight is 198 g/mol. The van der Waals surface area contributed by atoms with E-state index in [1.54, 1.807) is 0 Å². The van der Waals surface area contributed by atoms with E-state index in [-0.39, 0.29) is 24.4 Å². The minimum Gasteiger partial charge on any atom is -0.488 e. The van der Waals surface area contributed by atoms with Crippen molar-refractivity contribution < 1.29 is 14.6 Å². The van der Waals surface area contributed by atoms with Gasteiger partial charge in [0.1, 0.15) is 6.61 Å². The minimum atomic E-state index is -0.0482. The maximum atomic E-state index is 11.7. The van der Waals surface area contributed by atoms with E-state index in [0.717, 1.165) is 12.0 Å². The van der Waals surface area contributed by atoms with Gasteiger partial charge in [-0.05, 0) is 24.3 Å². The van der Waals surface area contributed by atoms with Gasteiger partial charge in [-0.25, -0.2) is 0 Å². The van der Waals surface area contributed by atoms with Gasteiger partial charge in [0.15, 0.2) is 11.5 Å². The highest BCUT2D eigenvalue weighted by Crippen LogP contribution is 2.36. The Morgan fingerprint density at radius 1 is 1.43 bits per heavy atom. The molecule has 0 saturated carbocycles. The first-order valence-electron chi connectivity index (χ1n) is 4.93. The van der Waals surface area contributed by atoms with Gasteiger partial charge >= 0.3 is 0 Å². The SMILES string of the molecule is CC1=C(OCCO)C(=O)CC(C)(C)C1. The fourth-order valence-electron chi connectivity index (χ4n) is 1.96. The molecule has 0 spiro atoms. The van der Waals surface area contributed by atoms with Crippen LogP contribution in [-0.4, -0.2) is 24.1 Å². The van der Waals surface area contributed by atoms with Gasteiger partial charge in [0.05, 0.1) is 6.61 Å². The fraction of sp³-hybridized carbons (Fsp3) is 0.727. The van der Waals surface area contributed by atoms with Crippen molar-refractivity contribution in [3.05, 3.63) is 11.3 Å². The molecule has 0 aromatic carbocycles. The summed E-state index contributed by atoms with van der Waals surface area (Å²) in [4.78, 5) is 11.7. The monoisotopic (exact) mass is 198 g/mol. The number of rotatable bonds is 3. The normalized spacial score (nSPS) is 21.3. The molecule has 1 aliphatic rings. The van der Waals surface area contributed by atoms with Crippen molar-refractivity contribution in [1.82, 2.24) is 0 Å². The molecular formula is C11H18O3. The van der Waals surface area contributed by atoms with Gasteiger partial charge in [-0.3, -0.25) is 4.79 Å². The highest BCUT2D eigenvalue weighted by Gasteiger charge is 2.32. The Labute approximate surface area is 84.8 Å². The summed E-state index contributed by atoms with van der Waals surface area (Å²) in [5, 5.41) is 8.61. The Kier molecular flexibility index (Phi) is 3.32. The zero-order chi connectivity index (χ0) is 10.8. The molecule has 3 heteroatoms. The lowest BCUT2D eigenvalue weighted by molar-refractivity contribution is -0.122. The Balaban J connectivity index is 2.77. The molecule has 1 N–H and O–H groups in total. The largest absolute Gasteiger partial charge is 0.488 e. The van der Waals surface area contributed by atoms with Crippen LogP contribution in [0.2, 0.25) is 0 Å². The Bertz CT molecular complexity index is 264. The van der Waals surface area contributed by atoms with Crippen LogP contribution in [0.25, 0.3) is 0 Å². The van der Waals surface area contributed by atoms with Crippen LogP contribution in [0.3, 0.4) is 0 Å². The third kappa shape index (κ3) is 2.58. The molecule has 1 aliphatic carbocycles. The van der Waals surface area contributed by atoms with Crippen LogP contribution in [0, 0.1) is 5.41 Å². The van der Waals surface area contributed by atoms with Crippen LogP contribution in [0.5, 0.6) is 0 Å². The molecule has 14 heavy (non-hydrogen) atoms. The lowest BCUT2D eigenvalue weighted by Crippen LogP contribution is -2.26. The summed E-state index contributed by atoms with van der Waals surface area (Å²) < 4.78 is 5.23. The Morgan fingerprint density at radius 2 is 2.07 bits per heavy atom. The number of ether oxygens (including phenoxy) is 1. The number of Topliss-reactive ketones (excluding diaryl/α,β-unsaturated/α-hetero) is 1. The highest BCUT2D eigenvalue weighted by molar-refractivity contribution is 5.95. The fourth-order valence-corrected chi connectivity index (χ4v) is 1.96. The van der Waals surface area contributed by atoms with E-state index in [0.29, 0.717) is 12.2 Å². The molecular weight excluding hydrogens is 180 g/mol. The quantitative estimate of drug-likeness (QED) is 0.750. The van der Waals surface area contributed by atoms with Crippen molar-refractivity contribution in [2.45, 2.75) is 33.6 Å². The van der Waals surface area contributed by atoms with E-state index in [9.17, 15) is 4.79 Å². The second-order valence-corrected chi connectivity index (χ2v) is 4.62. The lowest BCUT2D eigenvalue weighted by Gasteiger charge is -2.30.